The number of benzene rings is 1. The molecule has 1 aromatic heterocycles. The molecule has 0 aliphatic heterocycles. The molecule has 1 aliphatic rings. The minimum atomic E-state index is 0.347. The Bertz CT molecular complexity index is 567. The molecule has 1 aromatic carbocycles. The van der Waals surface area contributed by atoms with Gasteiger partial charge < -0.3 is 5.32 Å². The summed E-state index contributed by atoms with van der Waals surface area (Å²) in [5.74, 6) is 0. The second kappa shape index (κ2) is 6.02. The van der Waals surface area contributed by atoms with Crippen molar-refractivity contribution in [2.75, 3.05) is 6.54 Å². The highest BCUT2D eigenvalue weighted by Gasteiger charge is 2.28. The molecule has 0 spiro atoms. The first-order valence-corrected chi connectivity index (χ1v) is 8.00. The summed E-state index contributed by atoms with van der Waals surface area (Å²) >= 11 is 0. The van der Waals surface area contributed by atoms with E-state index >= 15 is 0 Å². The highest BCUT2D eigenvalue weighted by Crippen LogP contribution is 2.37. The van der Waals surface area contributed by atoms with E-state index < -0.39 is 0 Å². The lowest BCUT2D eigenvalue weighted by Gasteiger charge is -2.26. The monoisotopic (exact) mass is 283 g/mol. The third-order valence-corrected chi connectivity index (χ3v) is 4.77. The highest BCUT2D eigenvalue weighted by molar-refractivity contribution is 5.31. The van der Waals surface area contributed by atoms with E-state index in [0.29, 0.717) is 11.5 Å². The minimum Gasteiger partial charge on any atom is -0.310 e. The van der Waals surface area contributed by atoms with Gasteiger partial charge in [0, 0.05) is 24.3 Å². The van der Waals surface area contributed by atoms with Gasteiger partial charge in [0.2, 0.25) is 0 Å². The molecular formula is C18H25N3. The topological polar surface area (TPSA) is 29.9 Å². The quantitative estimate of drug-likeness (QED) is 0.895. The lowest BCUT2D eigenvalue weighted by molar-refractivity contribution is 0.302. The molecule has 0 saturated heterocycles. The predicted octanol–water partition coefficient (Wildman–Crippen LogP) is 4.10. The molecular weight excluding hydrogens is 258 g/mol. The lowest BCUT2D eigenvalue weighted by Crippen LogP contribution is -2.31. The molecule has 1 fully saturated rings. The van der Waals surface area contributed by atoms with Gasteiger partial charge in [0.05, 0.1) is 11.9 Å². The van der Waals surface area contributed by atoms with E-state index in [9.17, 15) is 0 Å². The van der Waals surface area contributed by atoms with Crippen LogP contribution in [0.2, 0.25) is 0 Å². The standard InChI is InChI=1S/C18H25N3/c1-15(19-14-18(2)10-6-7-11-18)16-12-20-21(13-16)17-8-4-3-5-9-17/h3-5,8-9,12-13,15,19H,6-7,10-11,14H2,1-2H3. The van der Waals surface area contributed by atoms with Crippen molar-refractivity contribution in [3.8, 4) is 5.69 Å². The van der Waals surface area contributed by atoms with E-state index in [1.165, 1.54) is 31.2 Å². The summed E-state index contributed by atoms with van der Waals surface area (Å²) in [5.41, 5.74) is 2.85. The van der Waals surface area contributed by atoms with Crippen LogP contribution in [-0.4, -0.2) is 16.3 Å². The van der Waals surface area contributed by atoms with Gasteiger partial charge in [0.1, 0.15) is 0 Å². The molecule has 3 nitrogen and oxygen atoms in total. The van der Waals surface area contributed by atoms with Crippen molar-refractivity contribution in [1.82, 2.24) is 15.1 Å². The van der Waals surface area contributed by atoms with Crippen molar-refractivity contribution in [3.05, 3.63) is 48.3 Å². The van der Waals surface area contributed by atoms with Crippen LogP contribution in [0.15, 0.2) is 42.7 Å². The third kappa shape index (κ3) is 3.35. The molecule has 3 rings (SSSR count). The molecule has 1 heterocycles. The average Bonchev–Trinajstić information content (AvgIpc) is 3.16. The van der Waals surface area contributed by atoms with Crippen molar-refractivity contribution >= 4 is 0 Å². The largest absolute Gasteiger partial charge is 0.310 e. The molecule has 3 heteroatoms. The molecule has 2 aromatic rings. The second-order valence-electron chi connectivity index (χ2n) is 6.67. The fourth-order valence-electron chi connectivity index (χ4n) is 3.20. The molecule has 0 radical (unpaired) electrons. The summed E-state index contributed by atoms with van der Waals surface area (Å²) in [6.07, 6.45) is 9.59. The number of nitrogens with one attached hydrogen (secondary N) is 1. The van der Waals surface area contributed by atoms with Crippen LogP contribution in [0, 0.1) is 5.41 Å². The van der Waals surface area contributed by atoms with Gasteiger partial charge in [-0.3, -0.25) is 0 Å². The summed E-state index contributed by atoms with van der Waals surface area (Å²) in [6.45, 7) is 5.74. The molecule has 1 atom stereocenters. The fraction of sp³-hybridized carbons (Fsp3) is 0.500. The zero-order valence-corrected chi connectivity index (χ0v) is 13.0. The summed E-state index contributed by atoms with van der Waals surface area (Å²) in [7, 11) is 0. The first-order chi connectivity index (χ1) is 10.2. The van der Waals surface area contributed by atoms with Crippen molar-refractivity contribution in [3.63, 3.8) is 0 Å². The van der Waals surface area contributed by atoms with Gasteiger partial charge in [0.15, 0.2) is 0 Å². The maximum atomic E-state index is 4.48. The van der Waals surface area contributed by atoms with Crippen LogP contribution >= 0.6 is 0 Å². The molecule has 1 unspecified atom stereocenters. The predicted molar refractivity (Wildman–Crippen MR) is 86.6 cm³/mol. The van der Waals surface area contributed by atoms with E-state index in [2.05, 4.69) is 42.6 Å². The SMILES string of the molecule is CC(NCC1(C)CCCC1)c1cnn(-c2ccccc2)c1. The number of rotatable bonds is 5. The fourth-order valence-corrected chi connectivity index (χ4v) is 3.20. The minimum absolute atomic E-state index is 0.347. The molecule has 0 bridgehead atoms. The number of nitrogens with zero attached hydrogens (tertiary/aromatic N) is 2. The first-order valence-electron chi connectivity index (χ1n) is 8.00. The Balaban J connectivity index is 1.63. The molecule has 1 saturated carbocycles. The van der Waals surface area contributed by atoms with E-state index in [0.717, 1.165) is 12.2 Å². The zero-order valence-electron chi connectivity index (χ0n) is 13.0. The van der Waals surface area contributed by atoms with Crippen molar-refractivity contribution in [2.24, 2.45) is 5.41 Å². The van der Waals surface area contributed by atoms with Crippen LogP contribution in [0.1, 0.15) is 51.1 Å². The van der Waals surface area contributed by atoms with Gasteiger partial charge in [-0.2, -0.15) is 5.10 Å². The maximum absolute atomic E-state index is 4.48. The van der Waals surface area contributed by atoms with Crippen LogP contribution in [0.5, 0.6) is 0 Å². The van der Waals surface area contributed by atoms with Crippen LogP contribution in [0.4, 0.5) is 0 Å². The van der Waals surface area contributed by atoms with Crippen molar-refractivity contribution < 1.29 is 0 Å². The van der Waals surface area contributed by atoms with E-state index in [4.69, 9.17) is 0 Å². The Morgan fingerprint density at radius 3 is 2.67 bits per heavy atom. The van der Waals surface area contributed by atoms with Gasteiger partial charge in [-0.25, -0.2) is 4.68 Å². The van der Waals surface area contributed by atoms with E-state index in [1.54, 1.807) is 0 Å². The van der Waals surface area contributed by atoms with E-state index in [1.807, 2.05) is 29.1 Å². The first kappa shape index (κ1) is 14.3. The summed E-state index contributed by atoms with van der Waals surface area (Å²) in [6, 6.07) is 10.6. The van der Waals surface area contributed by atoms with Gasteiger partial charge in [-0.1, -0.05) is 38.0 Å². The summed E-state index contributed by atoms with van der Waals surface area (Å²) < 4.78 is 1.95. The van der Waals surface area contributed by atoms with Gasteiger partial charge in [-0.05, 0) is 37.3 Å². The Morgan fingerprint density at radius 2 is 1.95 bits per heavy atom. The smallest absolute Gasteiger partial charge is 0.0645 e. The third-order valence-electron chi connectivity index (χ3n) is 4.77. The Hall–Kier alpha value is -1.61. The zero-order chi connectivity index (χ0) is 14.7. The number of hydrogen-bond acceptors (Lipinski definition) is 2. The van der Waals surface area contributed by atoms with Gasteiger partial charge >= 0.3 is 0 Å². The highest BCUT2D eigenvalue weighted by atomic mass is 15.3. The average molecular weight is 283 g/mol. The van der Waals surface area contributed by atoms with Crippen molar-refractivity contribution in [1.29, 1.82) is 0 Å². The van der Waals surface area contributed by atoms with Gasteiger partial charge in [0.25, 0.3) is 0 Å². The maximum Gasteiger partial charge on any atom is 0.0645 e. The molecule has 1 N–H and O–H groups in total. The van der Waals surface area contributed by atoms with Crippen LogP contribution in [0.25, 0.3) is 5.69 Å². The Labute approximate surface area is 127 Å². The second-order valence-corrected chi connectivity index (χ2v) is 6.67. The summed E-state index contributed by atoms with van der Waals surface area (Å²) in [4.78, 5) is 0. The Morgan fingerprint density at radius 1 is 1.24 bits per heavy atom. The van der Waals surface area contributed by atoms with Gasteiger partial charge in [-0.15, -0.1) is 0 Å². The number of para-hydroxylation sites is 1. The summed E-state index contributed by atoms with van der Waals surface area (Å²) in [5, 5.41) is 8.17. The molecule has 1 aliphatic carbocycles. The number of hydrogen-bond donors (Lipinski definition) is 1. The number of aromatic nitrogens is 2. The van der Waals surface area contributed by atoms with E-state index in [-0.39, 0.29) is 0 Å². The molecule has 112 valence electrons. The molecule has 21 heavy (non-hydrogen) atoms. The van der Waals surface area contributed by atoms with Crippen LogP contribution in [0.3, 0.4) is 0 Å². The van der Waals surface area contributed by atoms with Crippen LogP contribution < -0.4 is 5.32 Å². The van der Waals surface area contributed by atoms with Crippen molar-refractivity contribution in [2.45, 2.75) is 45.6 Å². The normalized spacial score (nSPS) is 18.8. The van der Waals surface area contributed by atoms with Crippen LogP contribution in [-0.2, 0) is 0 Å². The lowest BCUT2D eigenvalue weighted by atomic mass is 9.88. The Kier molecular flexibility index (Phi) is 4.11. The molecule has 0 amide bonds.